The van der Waals surface area contributed by atoms with Crippen LogP contribution in [0.1, 0.15) is 20.9 Å². The van der Waals surface area contributed by atoms with Crippen molar-refractivity contribution < 1.29 is 9.32 Å². The van der Waals surface area contributed by atoms with Gasteiger partial charge in [0.1, 0.15) is 0 Å². The van der Waals surface area contributed by atoms with Crippen LogP contribution in [-0.4, -0.2) is 52.0 Å². The van der Waals surface area contributed by atoms with Crippen molar-refractivity contribution in [3.63, 3.8) is 0 Å². The van der Waals surface area contributed by atoms with E-state index in [0.29, 0.717) is 24.4 Å². The second-order valence-corrected chi connectivity index (χ2v) is 9.23. The molecule has 0 aliphatic carbocycles. The summed E-state index contributed by atoms with van der Waals surface area (Å²) in [5.41, 5.74) is 2.86. The summed E-state index contributed by atoms with van der Waals surface area (Å²) < 4.78 is 5.14. The SMILES string of the molecule is Cc1noc2ncc(C(=O)N3CCN(Cc4ccc(-c5ccccc5Cl)s4)CC3)cc12. The molecule has 0 unspecified atom stereocenters. The summed E-state index contributed by atoms with van der Waals surface area (Å²) in [6.45, 7) is 5.80. The molecule has 0 spiro atoms. The number of hydrogen-bond acceptors (Lipinski definition) is 6. The van der Waals surface area contributed by atoms with E-state index in [1.165, 1.54) is 9.75 Å². The van der Waals surface area contributed by atoms with Crippen molar-refractivity contribution in [2.24, 2.45) is 0 Å². The Morgan fingerprint density at radius 1 is 1.16 bits per heavy atom. The predicted molar refractivity (Wildman–Crippen MR) is 122 cm³/mol. The topological polar surface area (TPSA) is 62.5 Å². The molecule has 0 N–H and O–H groups in total. The van der Waals surface area contributed by atoms with E-state index in [1.54, 1.807) is 17.5 Å². The number of thiophene rings is 1. The van der Waals surface area contributed by atoms with E-state index < -0.39 is 0 Å². The van der Waals surface area contributed by atoms with Gasteiger partial charge in [0.25, 0.3) is 11.6 Å². The van der Waals surface area contributed by atoms with Gasteiger partial charge in [-0.2, -0.15) is 0 Å². The van der Waals surface area contributed by atoms with Crippen LogP contribution in [0.5, 0.6) is 0 Å². The highest BCUT2D eigenvalue weighted by Crippen LogP contribution is 2.33. The largest absolute Gasteiger partial charge is 0.336 e. The smallest absolute Gasteiger partial charge is 0.257 e. The number of pyridine rings is 1. The Balaban J connectivity index is 1.21. The molecule has 0 bridgehead atoms. The number of aromatic nitrogens is 2. The Morgan fingerprint density at radius 2 is 1.97 bits per heavy atom. The van der Waals surface area contributed by atoms with Crippen LogP contribution in [0, 0.1) is 6.92 Å². The Morgan fingerprint density at radius 3 is 2.77 bits per heavy atom. The van der Waals surface area contributed by atoms with Crippen molar-refractivity contribution >= 4 is 39.9 Å². The summed E-state index contributed by atoms with van der Waals surface area (Å²) >= 11 is 8.11. The Kier molecular flexibility index (Phi) is 5.48. The van der Waals surface area contributed by atoms with Crippen molar-refractivity contribution in [3.8, 4) is 10.4 Å². The molecule has 4 heterocycles. The van der Waals surface area contributed by atoms with E-state index in [1.807, 2.05) is 36.1 Å². The molecular formula is C23H21ClN4O2S. The number of carbonyl (C=O) groups excluding carboxylic acids is 1. The zero-order valence-corrected chi connectivity index (χ0v) is 18.6. The average Bonchev–Trinajstić information content (AvgIpc) is 3.40. The normalized spacial score (nSPS) is 15.0. The van der Waals surface area contributed by atoms with Gasteiger partial charge in [0.15, 0.2) is 0 Å². The molecule has 5 rings (SSSR count). The first-order valence-corrected chi connectivity index (χ1v) is 11.4. The number of halogens is 1. The van der Waals surface area contributed by atoms with Crippen LogP contribution in [0.15, 0.2) is 53.2 Å². The van der Waals surface area contributed by atoms with Crippen molar-refractivity contribution in [3.05, 3.63) is 69.8 Å². The minimum Gasteiger partial charge on any atom is -0.336 e. The molecule has 31 heavy (non-hydrogen) atoms. The van der Waals surface area contributed by atoms with E-state index >= 15 is 0 Å². The molecule has 1 aliphatic rings. The monoisotopic (exact) mass is 452 g/mol. The lowest BCUT2D eigenvalue weighted by Gasteiger charge is -2.34. The molecule has 1 fully saturated rings. The Labute approximate surface area is 189 Å². The number of carbonyl (C=O) groups is 1. The van der Waals surface area contributed by atoms with Gasteiger partial charge in [-0.1, -0.05) is 35.0 Å². The summed E-state index contributed by atoms with van der Waals surface area (Å²) in [5, 5.41) is 5.47. The van der Waals surface area contributed by atoms with Gasteiger partial charge in [-0.25, -0.2) is 4.98 Å². The fourth-order valence-electron chi connectivity index (χ4n) is 3.84. The van der Waals surface area contributed by atoms with Gasteiger partial charge in [0.2, 0.25) is 0 Å². The number of nitrogens with zero attached hydrogens (tertiary/aromatic N) is 4. The maximum Gasteiger partial charge on any atom is 0.257 e. The summed E-state index contributed by atoms with van der Waals surface area (Å²) in [5.74, 6) is 0.00628. The predicted octanol–water partition coefficient (Wildman–Crippen LogP) is 4.87. The molecule has 4 aromatic rings. The zero-order valence-electron chi connectivity index (χ0n) is 17.0. The highest BCUT2D eigenvalue weighted by atomic mass is 35.5. The molecule has 6 nitrogen and oxygen atoms in total. The van der Waals surface area contributed by atoms with Crippen LogP contribution >= 0.6 is 22.9 Å². The van der Waals surface area contributed by atoms with Crippen LogP contribution in [-0.2, 0) is 6.54 Å². The van der Waals surface area contributed by atoms with Gasteiger partial charge < -0.3 is 9.42 Å². The summed E-state index contributed by atoms with van der Waals surface area (Å²) in [7, 11) is 0. The first-order chi connectivity index (χ1) is 15.1. The van der Waals surface area contributed by atoms with E-state index in [9.17, 15) is 4.79 Å². The summed E-state index contributed by atoms with van der Waals surface area (Å²) in [6.07, 6.45) is 1.57. The lowest BCUT2D eigenvalue weighted by atomic mass is 10.1. The third-order valence-electron chi connectivity index (χ3n) is 5.60. The van der Waals surface area contributed by atoms with Crippen LogP contribution in [0.2, 0.25) is 5.02 Å². The number of amides is 1. The summed E-state index contributed by atoms with van der Waals surface area (Å²) in [6, 6.07) is 14.1. The number of rotatable bonds is 4. The first-order valence-electron chi connectivity index (χ1n) is 10.2. The number of aryl methyl sites for hydroxylation is 1. The van der Waals surface area contributed by atoms with Crippen molar-refractivity contribution in [2.45, 2.75) is 13.5 Å². The minimum absolute atomic E-state index is 0.00628. The van der Waals surface area contributed by atoms with Crippen molar-refractivity contribution in [1.82, 2.24) is 19.9 Å². The maximum absolute atomic E-state index is 12.9. The van der Waals surface area contributed by atoms with Crippen molar-refractivity contribution in [2.75, 3.05) is 26.2 Å². The maximum atomic E-state index is 12.9. The number of fused-ring (bicyclic) bond motifs is 1. The van der Waals surface area contributed by atoms with E-state index in [-0.39, 0.29) is 5.91 Å². The molecule has 0 atom stereocenters. The van der Waals surface area contributed by atoms with Gasteiger partial charge in [-0.3, -0.25) is 9.69 Å². The van der Waals surface area contributed by atoms with Crippen molar-refractivity contribution in [1.29, 1.82) is 0 Å². The van der Waals surface area contributed by atoms with Gasteiger partial charge in [-0.05, 0) is 31.2 Å². The second kappa shape index (κ2) is 8.42. The molecule has 1 amide bonds. The molecular weight excluding hydrogens is 432 g/mol. The van der Waals surface area contributed by atoms with Gasteiger partial charge >= 0.3 is 0 Å². The van der Waals surface area contributed by atoms with Gasteiger partial charge in [-0.15, -0.1) is 11.3 Å². The third kappa shape index (κ3) is 4.08. The lowest BCUT2D eigenvalue weighted by Crippen LogP contribution is -2.48. The number of hydrogen-bond donors (Lipinski definition) is 0. The number of piperazine rings is 1. The molecule has 1 aliphatic heterocycles. The standard InChI is InChI=1S/C23H21ClN4O2S/c1-15-19-12-16(13-25-22(19)30-26-15)23(29)28-10-8-27(9-11-28)14-17-6-7-21(31-17)18-4-2-3-5-20(18)24/h2-7,12-13H,8-11,14H2,1H3. The summed E-state index contributed by atoms with van der Waals surface area (Å²) in [4.78, 5) is 23.9. The molecule has 0 saturated carbocycles. The number of benzene rings is 1. The first kappa shape index (κ1) is 20.2. The Hall–Kier alpha value is -2.74. The van der Waals surface area contributed by atoms with Crippen LogP contribution in [0.3, 0.4) is 0 Å². The van der Waals surface area contributed by atoms with Gasteiger partial charge in [0.05, 0.1) is 16.6 Å². The molecule has 3 aromatic heterocycles. The lowest BCUT2D eigenvalue weighted by molar-refractivity contribution is 0.0629. The highest BCUT2D eigenvalue weighted by molar-refractivity contribution is 7.15. The fourth-order valence-corrected chi connectivity index (χ4v) is 5.23. The van der Waals surface area contributed by atoms with Crippen LogP contribution in [0.4, 0.5) is 0 Å². The third-order valence-corrected chi connectivity index (χ3v) is 7.03. The average molecular weight is 453 g/mol. The molecule has 1 aromatic carbocycles. The fraction of sp³-hybridized carbons (Fsp3) is 0.261. The molecule has 8 heteroatoms. The zero-order chi connectivity index (χ0) is 21.4. The van der Waals surface area contributed by atoms with Gasteiger partial charge in [0, 0.05) is 59.3 Å². The minimum atomic E-state index is 0.00628. The van der Waals surface area contributed by atoms with E-state index in [2.05, 4.69) is 33.2 Å². The van der Waals surface area contributed by atoms with E-state index in [4.69, 9.17) is 16.1 Å². The molecule has 158 valence electrons. The quantitative estimate of drug-likeness (QED) is 0.442. The highest BCUT2D eigenvalue weighted by Gasteiger charge is 2.23. The van der Waals surface area contributed by atoms with Crippen LogP contribution < -0.4 is 0 Å². The molecule has 1 saturated heterocycles. The van der Waals surface area contributed by atoms with Crippen LogP contribution in [0.25, 0.3) is 21.5 Å². The molecule has 0 radical (unpaired) electrons. The second-order valence-electron chi connectivity index (χ2n) is 7.66. The van der Waals surface area contributed by atoms with E-state index in [0.717, 1.165) is 41.3 Å². The Bertz CT molecular complexity index is 1240.